The fraction of sp³-hybridized carbons (Fsp3) is 0.0588. The number of fused-ring (bicyclic) bond motifs is 1. The lowest BCUT2D eigenvalue weighted by Crippen LogP contribution is -2.11. The Hall–Kier alpha value is -3.19. The van der Waals surface area contributed by atoms with E-state index in [-0.39, 0.29) is 0 Å². The molecule has 0 aliphatic rings. The van der Waals surface area contributed by atoms with E-state index in [0.29, 0.717) is 38.8 Å². The molecule has 8 heteroatoms. The van der Waals surface area contributed by atoms with Crippen LogP contribution >= 0.6 is 11.6 Å². The number of primary amides is 1. The molecule has 0 unspecified atom stereocenters. The molecule has 3 aromatic heterocycles. The zero-order valence-corrected chi connectivity index (χ0v) is 13.9. The number of aromatic nitrogens is 5. The summed E-state index contributed by atoms with van der Waals surface area (Å²) >= 11 is 6.12. The van der Waals surface area contributed by atoms with Crippen LogP contribution in [-0.4, -0.2) is 30.8 Å². The summed E-state index contributed by atoms with van der Waals surface area (Å²) in [5.41, 5.74) is 10.7. The SMILES string of the molecule is Cc1ccc(Cl)cc1-c1[nH]c(-c2ncnc3[nH]cnc23)cc1C(N)=O. The fourth-order valence-electron chi connectivity index (χ4n) is 2.81. The van der Waals surface area contributed by atoms with Crippen LogP contribution in [0.2, 0.25) is 5.02 Å². The maximum absolute atomic E-state index is 12.0. The van der Waals surface area contributed by atoms with Gasteiger partial charge in [0.05, 0.1) is 23.3 Å². The minimum Gasteiger partial charge on any atom is -0.366 e. The molecule has 124 valence electrons. The first kappa shape index (κ1) is 15.3. The van der Waals surface area contributed by atoms with Crippen LogP contribution in [0.15, 0.2) is 36.9 Å². The van der Waals surface area contributed by atoms with Crippen molar-refractivity contribution in [3.05, 3.63) is 53.1 Å². The molecular weight excluding hydrogens is 340 g/mol. The molecule has 1 aromatic carbocycles. The average Bonchev–Trinajstić information content (AvgIpc) is 3.23. The Labute approximate surface area is 147 Å². The van der Waals surface area contributed by atoms with Crippen LogP contribution in [-0.2, 0) is 0 Å². The summed E-state index contributed by atoms with van der Waals surface area (Å²) in [6, 6.07) is 7.16. The number of benzene rings is 1. The van der Waals surface area contributed by atoms with Gasteiger partial charge in [-0.15, -0.1) is 0 Å². The van der Waals surface area contributed by atoms with Crippen molar-refractivity contribution < 1.29 is 4.79 Å². The fourth-order valence-corrected chi connectivity index (χ4v) is 2.99. The number of nitrogens with zero attached hydrogens (tertiary/aromatic N) is 3. The average molecular weight is 353 g/mol. The molecule has 3 heterocycles. The molecule has 0 bridgehead atoms. The van der Waals surface area contributed by atoms with Gasteiger partial charge in [-0.3, -0.25) is 4.79 Å². The van der Waals surface area contributed by atoms with E-state index in [1.165, 1.54) is 6.33 Å². The van der Waals surface area contributed by atoms with Crippen molar-refractivity contribution in [2.75, 3.05) is 0 Å². The Kier molecular flexibility index (Phi) is 3.51. The van der Waals surface area contributed by atoms with Crippen LogP contribution in [0.1, 0.15) is 15.9 Å². The number of imidazole rings is 1. The number of hydrogen-bond donors (Lipinski definition) is 3. The molecule has 0 aliphatic heterocycles. The predicted octanol–water partition coefficient (Wildman–Crippen LogP) is 3.08. The van der Waals surface area contributed by atoms with Gasteiger partial charge in [0.15, 0.2) is 5.65 Å². The van der Waals surface area contributed by atoms with Gasteiger partial charge in [0, 0.05) is 10.6 Å². The largest absolute Gasteiger partial charge is 0.366 e. The number of halogens is 1. The van der Waals surface area contributed by atoms with Gasteiger partial charge in [-0.2, -0.15) is 0 Å². The third-order valence-electron chi connectivity index (χ3n) is 4.02. The van der Waals surface area contributed by atoms with E-state index in [9.17, 15) is 4.79 Å². The molecular formula is C17H13ClN6O. The van der Waals surface area contributed by atoms with Crippen molar-refractivity contribution in [1.29, 1.82) is 0 Å². The Morgan fingerprint density at radius 2 is 2.04 bits per heavy atom. The zero-order chi connectivity index (χ0) is 17.6. The molecule has 0 saturated heterocycles. The number of nitrogens with two attached hydrogens (primary N) is 1. The van der Waals surface area contributed by atoms with Crippen LogP contribution in [0.5, 0.6) is 0 Å². The summed E-state index contributed by atoms with van der Waals surface area (Å²) in [7, 11) is 0. The van der Waals surface area contributed by atoms with E-state index in [4.69, 9.17) is 17.3 Å². The van der Waals surface area contributed by atoms with E-state index in [2.05, 4.69) is 24.9 Å². The first-order chi connectivity index (χ1) is 12.0. The molecule has 0 fully saturated rings. The zero-order valence-electron chi connectivity index (χ0n) is 13.2. The quantitative estimate of drug-likeness (QED) is 0.525. The number of rotatable bonds is 3. The molecule has 4 N–H and O–H groups in total. The number of aryl methyl sites for hydroxylation is 1. The van der Waals surface area contributed by atoms with Gasteiger partial charge in [-0.05, 0) is 30.7 Å². The third kappa shape index (κ3) is 2.54. The van der Waals surface area contributed by atoms with Crippen LogP contribution in [0.25, 0.3) is 33.8 Å². The topological polar surface area (TPSA) is 113 Å². The van der Waals surface area contributed by atoms with Crippen molar-refractivity contribution in [2.24, 2.45) is 5.73 Å². The highest BCUT2D eigenvalue weighted by Crippen LogP contribution is 2.33. The number of nitrogens with one attached hydrogen (secondary N) is 2. The first-order valence-corrected chi connectivity index (χ1v) is 7.86. The number of hydrogen-bond acceptors (Lipinski definition) is 4. The summed E-state index contributed by atoms with van der Waals surface area (Å²) < 4.78 is 0. The van der Waals surface area contributed by atoms with Gasteiger partial charge in [0.1, 0.15) is 17.5 Å². The Balaban J connectivity index is 1.97. The van der Waals surface area contributed by atoms with Gasteiger partial charge in [-0.25, -0.2) is 15.0 Å². The number of carbonyl (C=O) groups is 1. The van der Waals surface area contributed by atoms with E-state index < -0.39 is 5.91 Å². The summed E-state index contributed by atoms with van der Waals surface area (Å²) in [5, 5.41) is 0.573. The van der Waals surface area contributed by atoms with E-state index in [0.717, 1.165) is 11.1 Å². The predicted molar refractivity (Wildman–Crippen MR) is 95.2 cm³/mol. The van der Waals surface area contributed by atoms with Gasteiger partial charge >= 0.3 is 0 Å². The van der Waals surface area contributed by atoms with Crippen molar-refractivity contribution in [3.63, 3.8) is 0 Å². The van der Waals surface area contributed by atoms with E-state index in [1.807, 2.05) is 13.0 Å². The molecule has 4 rings (SSSR count). The summed E-state index contributed by atoms with van der Waals surface area (Å²) in [6.45, 7) is 1.94. The van der Waals surface area contributed by atoms with Crippen molar-refractivity contribution in [1.82, 2.24) is 24.9 Å². The first-order valence-electron chi connectivity index (χ1n) is 7.48. The number of aromatic amines is 2. The highest BCUT2D eigenvalue weighted by molar-refractivity contribution is 6.31. The van der Waals surface area contributed by atoms with Gasteiger partial charge in [0.2, 0.25) is 0 Å². The van der Waals surface area contributed by atoms with Gasteiger partial charge in [0.25, 0.3) is 5.91 Å². The number of H-pyrrole nitrogens is 2. The van der Waals surface area contributed by atoms with E-state index in [1.54, 1.807) is 24.5 Å². The lowest BCUT2D eigenvalue weighted by atomic mass is 10.0. The lowest BCUT2D eigenvalue weighted by Gasteiger charge is -2.06. The van der Waals surface area contributed by atoms with Crippen molar-refractivity contribution in [2.45, 2.75) is 6.92 Å². The smallest absolute Gasteiger partial charge is 0.250 e. The summed E-state index contributed by atoms with van der Waals surface area (Å²) in [4.78, 5) is 30.8. The number of amides is 1. The second-order valence-corrected chi connectivity index (χ2v) is 6.05. The molecule has 1 amide bonds. The molecule has 0 atom stereocenters. The molecule has 4 aromatic rings. The Morgan fingerprint density at radius 1 is 1.20 bits per heavy atom. The maximum atomic E-state index is 12.0. The second-order valence-electron chi connectivity index (χ2n) is 5.62. The molecule has 0 saturated carbocycles. The minimum atomic E-state index is -0.538. The molecule has 0 aliphatic carbocycles. The maximum Gasteiger partial charge on any atom is 0.250 e. The van der Waals surface area contributed by atoms with Crippen LogP contribution in [0.3, 0.4) is 0 Å². The van der Waals surface area contributed by atoms with Crippen LogP contribution in [0, 0.1) is 6.92 Å². The van der Waals surface area contributed by atoms with Gasteiger partial charge in [-0.1, -0.05) is 17.7 Å². The molecule has 0 radical (unpaired) electrons. The molecule has 25 heavy (non-hydrogen) atoms. The second kappa shape index (κ2) is 5.71. The van der Waals surface area contributed by atoms with Gasteiger partial charge < -0.3 is 15.7 Å². The number of carbonyl (C=O) groups excluding carboxylic acids is 1. The normalized spacial score (nSPS) is 11.1. The lowest BCUT2D eigenvalue weighted by molar-refractivity contribution is 0.100. The highest BCUT2D eigenvalue weighted by atomic mass is 35.5. The summed E-state index contributed by atoms with van der Waals surface area (Å²) in [5.74, 6) is -0.538. The van der Waals surface area contributed by atoms with Crippen molar-refractivity contribution >= 4 is 28.7 Å². The summed E-state index contributed by atoms with van der Waals surface area (Å²) in [6.07, 6.45) is 2.98. The Bertz CT molecular complexity index is 1110. The Morgan fingerprint density at radius 3 is 2.84 bits per heavy atom. The molecule has 0 spiro atoms. The third-order valence-corrected chi connectivity index (χ3v) is 4.26. The minimum absolute atomic E-state index is 0.364. The molecule has 7 nitrogen and oxygen atoms in total. The standard InChI is InChI=1S/C17H13ClN6O/c1-8-2-3-9(18)4-10(8)13-11(16(19)25)5-12(24-13)14-15-17(22-6-20-14)23-7-21-15/h2-7,24H,1H3,(H2,19,25)(H,20,21,22,23). The van der Waals surface area contributed by atoms with Crippen LogP contribution in [0.4, 0.5) is 0 Å². The van der Waals surface area contributed by atoms with Crippen molar-refractivity contribution in [3.8, 4) is 22.6 Å². The van der Waals surface area contributed by atoms with Crippen LogP contribution < -0.4 is 5.73 Å². The monoisotopic (exact) mass is 352 g/mol. The van der Waals surface area contributed by atoms with E-state index >= 15 is 0 Å². The highest BCUT2D eigenvalue weighted by Gasteiger charge is 2.19.